The van der Waals surface area contributed by atoms with Crippen LogP contribution in [0.15, 0.2) is 54.6 Å². The molecule has 5 nitrogen and oxygen atoms in total. The number of amides is 2. The van der Waals surface area contributed by atoms with Crippen LogP contribution >= 0.6 is 11.6 Å². The number of carbonyl (C=O) groups excluding carboxylic acids is 2. The van der Waals surface area contributed by atoms with Gasteiger partial charge < -0.3 is 10.6 Å². The van der Waals surface area contributed by atoms with Crippen molar-refractivity contribution >= 4 is 34.3 Å². The molecule has 1 atom stereocenters. The van der Waals surface area contributed by atoms with Crippen molar-refractivity contribution in [3.63, 3.8) is 0 Å². The molecule has 2 aromatic carbocycles. The zero-order valence-corrected chi connectivity index (χ0v) is 14.6. The summed E-state index contributed by atoms with van der Waals surface area (Å²) in [5.41, 5.74) is 2.65. The third-order valence-corrected chi connectivity index (χ3v) is 4.75. The number of nitrogens with zero attached hydrogens (tertiary/aromatic N) is 1. The fraction of sp³-hybridized carbons (Fsp3) is 0.150. The molecule has 26 heavy (non-hydrogen) atoms. The summed E-state index contributed by atoms with van der Waals surface area (Å²) in [6.07, 6.45) is 0.298. The summed E-state index contributed by atoms with van der Waals surface area (Å²) in [5.74, 6) is -0.273. The Morgan fingerprint density at radius 2 is 1.92 bits per heavy atom. The molecule has 0 spiro atoms. The van der Waals surface area contributed by atoms with E-state index >= 15 is 0 Å². The minimum atomic E-state index is -0.224. The van der Waals surface area contributed by atoms with Crippen molar-refractivity contribution in [1.82, 2.24) is 15.6 Å². The monoisotopic (exact) mass is 365 g/mol. The molecule has 0 radical (unpaired) electrons. The van der Waals surface area contributed by atoms with E-state index in [2.05, 4.69) is 15.6 Å². The number of nitrogens with one attached hydrogen (secondary N) is 2. The summed E-state index contributed by atoms with van der Waals surface area (Å²) >= 11 is 6.31. The van der Waals surface area contributed by atoms with Crippen LogP contribution in [-0.2, 0) is 4.79 Å². The Balaban J connectivity index is 1.78. The second-order valence-corrected chi connectivity index (χ2v) is 6.64. The van der Waals surface area contributed by atoms with Gasteiger partial charge in [-0.1, -0.05) is 48.0 Å². The fourth-order valence-electron chi connectivity index (χ4n) is 3.14. The molecular weight excluding hydrogens is 350 g/mol. The molecule has 2 heterocycles. The Kier molecular flexibility index (Phi) is 4.31. The summed E-state index contributed by atoms with van der Waals surface area (Å²) in [6.45, 7) is 0.449. The van der Waals surface area contributed by atoms with E-state index in [1.165, 1.54) is 0 Å². The van der Waals surface area contributed by atoms with E-state index in [1.807, 2.05) is 42.5 Å². The third kappa shape index (κ3) is 3.13. The molecule has 0 aliphatic carbocycles. The van der Waals surface area contributed by atoms with E-state index in [0.29, 0.717) is 29.2 Å². The summed E-state index contributed by atoms with van der Waals surface area (Å²) in [6, 6.07) is 16.4. The Labute approximate surface area is 155 Å². The molecular formula is C20H16ClN3O2. The number of benzene rings is 2. The van der Waals surface area contributed by atoms with Gasteiger partial charge in [0, 0.05) is 28.9 Å². The van der Waals surface area contributed by atoms with Crippen molar-refractivity contribution in [1.29, 1.82) is 0 Å². The van der Waals surface area contributed by atoms with Crippen molar-refractivity contribution in [3.8, 4) is 11.3 Å². The highest BCUT2D eigenvalue weighted by Crippen LogP contribution is 2.29. The van der Waals surface area contributed by atoms with Gasteiger partial charge in [0.1, 0.15) is 0 Å². The number of pyridine rings is 1. The number of carbonyl (C=O) groups is 2. The first-order chi connectivity index (χ1) is 12.6. The van der Waals surface area contributed by atoms with Crippen LogP contribution in [-0.4, -0.2) is 29.4 Å². The zero-order valence-electron chi connectivity index (χ0n) is 13.8. The Morgan fingerprint density at radius 3 is 2.69 bits per heavy atom. The van der Waals surface area contributed by atoms with Crippen LogP contribution in [0, 0.1) is 0 Å². The quantitative estimate of drug-likeness (QED) is 0.748. The molecule has 1 aliphatic rings. The van der Waals surface area contributed by atoms with Gasteiger partial charge in [-0.2, -0.15) is 0 Å². The number of para-hydroxylation sites is 1. The van der Waals surface area contributed by atoms with Gasteiger partial charge in [-0.15, -0.1) is 0 Å². The highest BCUT2D eigenvalue weighted by molar-refractivity contribution is 6.33. The fourth-order valence-corrected chi connectivity index (χ4v) is 3.37. The average molecular weight is 366 g/mol. The number of rotatable bonds is 3. The molecule has 1 fully saturated rings. The van der Waals surface area contributed by atoms with Crippen molar-refractivity contribution < 1.29 is 9.59 Å². The summed E-state index contributed by atoms with van der Waals surface area (Å²) in [5, 5.41) is 6.99. The SMILES string of the molecule is O=C1CC(NC(=O)c2cc(-c3ccccc3Cl)nc3ccccc23)CN1. The van der Waals surface area contributed by atoms with Gasteiger partial charge in [-0.25, -0.2) is 4.98 Å². The van der Waals surface area contributed by atoms with Gasteiger partial charge in [0.25, 0.3) is 5.91 Å². The van der Waals surface area contributed by atoms with Crippen LogP contribution in [0.2, 0.25) is 5.02 Å². The molecule has 130 valence electrons. The number of hydrogen-bond donors (Lipinski definition) is 2. The lowest BCUT2D eigenvalue weighted by molar-refractivity contribution is -0.119. The van der Waals surface area contributed by atoms with Crippen LogP contribution < -0.4 is 10.6 Å². The van der Waals surface area contributed by atoms with Gasteiger partial charge >= 0.3 is 0 Å². The van der Waals surface area contributed by atoms with E-state index in [-0.39, 0.29) is 17.9 Å². The third-order valence-electron chi connectivity index (χ3n) is 4.42. The number of halogens is 1. The normalized spacial score (nSPS) is 16.5. The lowest BCUT2D eigenvalue weighted by Crippen LogP contribution is -2.36. The Hall–Kier alpha value is -2.92. The van der Waals surface area contributed by atoms with Crippen LogP contribution in [0.3, 0.4) is 0 Å². The van der Waals surface area contributed by atoms with Crippen LogP contribution in [0.4, 0.5) is 0 Å². The Bertz CT molecular complexity index is 1020. The lowest BCUT2D eigenvalue weighted by Gasteiger charge is -2.14. The molecule has 6 heteroatoms. The molecule has 0 saturated carbocycles. The topological polar surface area (TPSA) is 71.1 Å². The van der Waals surface area contributed by atoms with E-state index < -0.39 is 0 Å². The molecule has 2 N–H and O–H groups in total. The number of hydrogen-bond acceptors (Lipinski definition) is 3. The highest BCUT2D eigenvalue weighted by Gasteiger charge is 2.24. The lowest BCUT2D eigenvalue weighted by atomic mass is 10.0. The van der Waals surface area contributed by atoms with Gasteiger partial charge in [0.15, 0.2) is 0 Å². The van der Waals surface area contributed by atoms with E-state index in [4.69, 9.17) is 11.6 Å². The van der Waals surface area contributed by atoms with Crippen molar-refractivity contribution in [3.05, 3.63) is 65.2 Å². The maximum Gasteiger partial charge on any atom is 0.252 e. The van der Waals surface area contributed by atoms with Gasteiger partial charge in [0.2, 0.25) is 5.91 Å². The predicted molar refractivity (Wildman–Crippen MR) is 101 cm³/mol. The molecule has 2 amide bonds. The molecule has 1 aromatic heterocycles. The second-order valence-electron chi connectivity index (χ2n) is 6.23. The van der Waals surface area contributed by atoms with Gasteiger partial charge in [-0.05, 0) is 18.2 Å². The molecule has 1 unspecified atom stereocenters. The molecule has 0 bridgehead atoms. The van der Waals surface area contributed by atoms with Gasteiger partial charge in [0.05, 0.1) is 22.8 Å². The first-order valence-electron chi connectivity index (χ1n) is 8.34. The Morgan fingerprint density at radius 1 is 1.15 bits per heavy atom. The van der Waals surface area contributed by atoms with Crippen LogP contribution in [0.25, 0.3) is 22.2 Å². The number of fused-ring (bicyclic) bond motifs is 1. The van der Waals surface area contributed by atoms with Crippen LogP contribution in [0.1, 0.15) is 16.8 Å². The highest BCUT2D eigenvalue weighted by atomic mass is 35.5. The summed E-state index contributed by atoms with van der Waals surface area (Å²) < 4.78 is 0. The first kappa shape index (κ1) is 16.5. The van der Waals surface area contributed by atoms with Crippen molar-refractivity contribution in [2.24, 2.45) is 0 Å². The minimum Gasteiger partial charge on any atom is -0.354 e. The van der Waals surface area contributed by atoms with E-state index in [1.54, 1.807) is 12.1 Å². The first-order valence-corrected chi connectivity index (χ1v) is 8.72. The zero-order chi connectivity index (χ0) is 18.1. The number of aromatic nitrogens is 1. The standard InChI is InChI=1S/C20H16ClN3O2/c21-16-7-3-1-6-14(16)18-10-15(13-5-2-4-8-17(13)24-18)20(26)23-12-9-19(25)22-11-12/h1-8,10,12H,9,11H2,(H,22,25)(H,23,26). The summed E-state index contributed by atoms with van der Waals surface area (Å²) in [4.78, 5) is 28.9. The summed E-state index contributed by atoms with van der Waals surface area (Å²) in [7, 11) is 0. The molecule has 3 aromatic rings. The molecule has 4 rings (SSSR count). The van der Waals surface area contributed by atoms with Crippen molar-refractivity contribution in [2.45, 2.75) is 12.5 Å². The van der Waals surface area contributed by atoms with Crippen LogP contribution in [0.5, 0.6) is 0 Å². The second kappa shape index (κ2) is 6.77. The van der Waals surface area contributed by atoms with E-state index in [9.17, 15) is 9.59 Å². The van der Waals surface area contributed by atoms with E-state index in [0.717, 1.165) is 16.5 Å². The maximum atomic E-state index is 12.9. The average Bonchev–Trinajstić information content (AvgIpc) is 3.06. The maximum absolute atomic E-state index is 12.9. The van der Waals surface area contributed by atoms with Crippen molar-refractivity contribution in [2.75, 3.05) is 6.54 Å². The minimum absolute atomic E-state index is 0.0494. The largest absolute Gasteiger partial charge is 0.354 e. The molecule has 1 aliphatic heterocycles. The predicted octanol–water partition coefficient (Wildman–Crippen LogP) is 3.17. The van der Waals surface area contributed by atoms with Gasteiger partial charge in [-0.3, -0.25) is 9.59 Å². The smallest absolute Gasteiger partial charge is 0.252 e. The molecule has 1 saturated heterocycles.